The quantitative estimate of drug-likeness (QED) is 0.552. The Labute approximate surface area is 209 Å². The summed E-state index contributed by atoms with van der Waals surface area (Å²) in [6.07, 6.45) is 14.3. The number of carbonyl (C=O) groups is 2. The highest BCUT2D eigenvalue weighted by Gasteiger charge is 2.57. The van der Waals surface area contributed by atoms with E-state index in [9.17, 15) is 9.59 Å². The maximum Gasteiger partial charge on any atom is 0.246 e. The van der Waals surface area contributed by atoms with Crippen molar-refractivity contribution in [1.82, 2.24) is 9.80 Å². The van der Waals surface area contributed by atoms with Crippen molar-refractivity contribution in [3.05, 3.63) is 35.9 Å². The molecule has 4 bridgehead atoms. The normalized spacial score (nSPS) is 33.1. The van der Waals surface area contributed by atoms with Crippen molar-refractivity contribution < 1.29 is 14.3 Å². The Morgan fingerprint density at radius 1 is 0.943 bits per heavy atom. The molecule has 1 aromatic carbocycles. The van der Waals surface area contributed by atoms with Crippen LogP contribution >= 0.6 is 0 Å². The zero-order chi connectivity index (χ0) is 24.0. The largest absolute Gasteiger partial charge is 0.493 e. The Morgan fingerprint density at radius 3 is 2.17 bits per heavy atom. The number of rotatable bonds is 5. The highest BCUT2D eigenvalue weighted by Crippen LogP contribution is 2.61. The molecule has 6 fully saturated rings. The van der Waals surface area contributed by atoms with Gasteiger partial charge in [0.05, 0.1) is 12.0 Å². The van der Waals surface area contributed by atoms with Crippen LogP contribution in [0.1, 0.15) is 70.3 Å². The predicted octanol–water partition coefficient (Wildman–Crippen LogP) is 5.16. The summed E-state index contributed by atoms with van der Waals surface area (Å²) < 4.78 is 5.68. The Hall–Kier alpha value is -2.30. The third-order valence-electron chi connectivity index (χ3n) is 9.98. The van der Waals surface area contributed by atoms with Gasteiger partial charge in [0.25, 0.3) is 0 Å². The van der Waals surface area contributed by atoms with Crippen LogP contribution in [-0.4, -0.2) is 54.4 Å². The van der Waals surface area contributed by atoms with Gasteiger partial charge in [-0.2, -0.15) is 0 Å². The van der Waals surface area contributed by atoms with E-state index in [4.69, 9.17) is 4.74 Å². The molecule has 4 aliphatic carbocycles. The first-order chi connectivity index (χ1) is 17.0. The number of amides is 2. The molecule has 2 heterocycles. The van der Waals surface area contributed by atoms with Gasteiger partial charge in [-0.15, -0.1) is 0 Å². The fraction of sp³-hybridized carbons (Fsp3) is 0.667. The average Bonchev–Trinajstić information content (AvgIpc) is 3.26. The molecule has 0 atom stereocenters. The zero-order valence-electron chi connectivity index (χ0n) is 21.2. The molecule has 1 aromatic rings. The molecule has 35 heavy (non-hydrogen) atoms. The number of hydrogen-bond acceptors (Lipinski definition) is 3. The molecule has 1 spiro atoms. The maximum absolute atomic E-state index is 13.8. The van der Waals surface area contributed by atoms with Gasteiger partial charge < -0.3 is 14.5 Å². The van der Waals surface area contributed by atoms with E-state index in [1.807, 2.05) is 42.2 Å². The Balaban J connectivity index is 1.05. The summed E-state index contributed by atoms with van der Waals surface area (Å²) in [7, 11) is 0. The smallest absolute Gasteiger partial charge is 0.246 e. The second-order valence-corrected chi connectivity index (χ2v) is 12.3. The number of para-hydroxylation sites is 1. The van der Waals surface area contributed by atoms with Crippen LogP contribution in [0, 0.1) is 28.6 Å². The Bertz CT molecular complexity index is 971. The molecule has 0 aromatic heterocycles. The Kier molecular flexibility index (Phi) is 5.93. The number of likely N-dealkylation sites (tertiary alicyclic amines) is 2. The van der Waals surface area contributed by atoms with Gasteiger partial charge in [-0.3, -0.25) is 9.59 Å². The summed E-state index contributed by atoms with van der Waals surface area (Å²) >= 11 is 0. The van der Waals surface area contributed by atoms with Crippen molar-refractivity contribution in [1.29, 1.82) is 0 Å². The molecular formula is C30H40N2O3. The van der Waals surface area contributed by atoms with Gasteiger partial charge in [-0.25, -0.2) is 0 Å². The molecule has 4 saturated carbocycles. The maximum atomic E-state index is 13.8. The van der Waals surface area contributed by atoms with E-state index < -0.39 is 0 Å². The third-order valence-corrected chi connectivity index (χ3v) is 9.98. The summed E-state index contributed by atoms with van der Waals surface area (Å²) in [5, 5.41) is 0. The first kappa shape index (κ1) is 23.1. The van der Waals surface area contributed by atoms with E-state index in [0.717, 1.165) is 93.8 Å². The molecule has 2 aliphatic heterocycles. The second kappa shape index (κ2) is 8.97. The first-order valence-corrected chi connectivity index (χ1v) is 14.0. The highest BCUT2D eigenvalue weighted by molar-refractivity contribution is 5.92. The monoisotopic (exact) mass is 476 g/mol. The molecule has 5 heteroatoms. The molecule has 0 radical (unpaired) electrons. The van der Waals surface area contributed by atoms with Crippen LogP contribution in [0.5, 0.6) is 5.75 Å². The predicted molar refractivity (Wildman–Crippen MR) is 137 cm³/mol. The average molecular weight is 477 g/mol. The van der Waals surface area contributed by atoms with E-state index in [1.165, 1.54) is 19.3 Å². The van der Waals surface area contributed by atoms with E-state index in [2.05, 4.69) is 4.90 Å². The molecule has 2 amide bonds. The highest BCUT2D eigenvalue weighted by atomic mass is 16.5. The lowest BCUT2D eigenvalue weighted by atomic mass is 9.49. The lowest BCUT2D eigenvalue weighted by Gasteiger charge is -2.56. The van der Waals surface area contributed by atoms with Gasteiger partial charge in [0, 0.05) is 37.8 Å². The van der Waals surface area contributed by atoms with E-state index >= 15 is 0 Å². The lowest BCUT2D eigenvalue weighted by molar-refractivity contribution is -0.157. The molecule has 2 saturated heterocycles. The van der Waals surface area contributed by atoms with E-state index in [0.29, 0.717) is 12.5 Å². The van der Waals surface area contributed by atoms with Crippen molar-refractivity contribution in [2.24, 2.45) is 28.6 Å². The van der Waals surface area contributed by atoms with Crippen LogP contribution in [0.15, 0.2) is 30.3 Å². The number of benzene rings is 1. The van der Waals surface area contributed by atoms with Crippen LogP contribution in [0.25, 0.3) is 6.08 Å². The van der Waals surface area contributed by atoms with Gasteiger partial charge in [-0.05, 0) is 100 Å². The summed E-state index contributed by atoms with van der Waals surface area (Å²) in [5.41, 5.74) is 1.12. The molecule has 7 rings (SSSR count). The standard InChI is InChI=1S/C30H40N2O3/c1-2-35-26-6-4-3-5-25(26)7-8-27(33)31-12-9-29(10-13-31)11-14-32(21-29)28(34)30-18-22-15-23(19-30)17-24(16-22)20-30/h3-8,22-24H,2,9-21H2,1H3. The number of piperidine rings is 1. The number of nitrogens with zero attached hydrogens (tertiary/aromatic N) is 2. The van der Waals surface area contributed by atoms with Crippen molar-refractivity contribution in [2.75, 3.05) is 32.8 Å². The lowest BCUT2D eigenvalue weighted by Crippen LogP contribution is -2.54. The number of hydrogen-bond donors (Lipinski definition) is 0. The third kappa shape index (κ3) is 4.29. The van der Waals surface area contributed by atoms with Gasteiger partial charge in [0.1, 0.15) is 5.75 Å². The van der Waals surface area contributed by atoms with Gasteiger partial charge in [0.2, 0.25) is 11.8 Å². The molecule has 5 nitrogen and oxygen atoms in total. The molecule has 0 unspecified atom stereocenters. The summed E-state index contributed by atoms with van der Waals surface area (Å²) in [6.45, 7) is 5.98. The van der Waals surface area contributed by atoms with Gasteiger partial charge in [-0.1, -0.05) is 18.2 Å². The van der Waals surface area contributed by atoms with Gasteiger partial charge >= 0.3 is 0 Å². The van der Waals surface area contributed by atoms with E-state index in [-0.39, 0.29) is 16.7 Å². The first-order valence-electron chi connectivity index (χ1n) is 14.0. The molecule has 188 valence electrons. The second-order valence-electron chi connectivity index (χ2n) is 12.3. The molecular weight excluding hydrogens is 436 g/mol. The van der Waals surface area contributed by atoms with Crippen LogP contribution in [0.3, 0.4) is 0 Å². The summed E-state index contributed by atoms with van der Waals surface area (Å²) in [4.78, 5) is 31.0. The minimum atomic E-state index is -0.0282. The van der Waals surface area contributed by atoms with Crippen LogP contribution in [0.2, 0.25) is 0 Å². The topological polar surface area (TPSA) is 49.9 Å². The van der Waals surface area contributed by atoms with Crippen LogP contribution < -0.4 is 4.74 Å². The van der Waals surface area contributed by atoms with Crippen molar-refractivity contribution in [2.45, 2.75) is 64.7 Å². The molecule has 6 aliphatic rings. The summed E-state index contributed by atoms with van der Waals surface area (Å²) in [6, 6.07) is 7.84. The minimum absolute atomic E-state index is 0.0282. The van der Waals surface area contributed by atoms with Gasteiger partial charge in [0.15, 0.2) is 0 Å². The Morgan fingerprint density at radius 2 is 1.54 bits per heavy atom. The van der Waals surface area contributed by atoms with Crippen LogP contribution in [-0.2, 0) is 9.59 Å². The SMILES string of the molecule is CCOc1ccccc1C=CC(=O)N1CCC2(CC1)CCN(C(=O)C13CC4CC(CC(C4)C1)C3)C2. The van der Waals surface area contributed by atoms with Crippen molar-refractivity contribution in [3.63, 3.8) is 0 Å². The van der Waals surface area contributed by atoms with Crippen molar-refractivity contribution >= 4 is 17.9 Å². The fourth-order valence-corrected chi connectivity index (χ4v) is 8.60. The summed E-state index contributed by atoms with van der Waals surface area (Å²) in [5.74, 6) is 3.80. The minimum Gasteiger partial charge on any atom is -0.493 e. The number of carbonyl (C=O) groups excluding carboxylic acids is 2. The zero-order valence-corrected chi connectivity index (χ0v) is 21.2. The number of ether oxygens (including phenoxy) is 1. The van der Waals surface area contributed by atoms with E-state index in [1.54, 1.807) is 6.08 Å². The molecule has 0 N–H and O–H groups in total. The van der Waals surface area contributed by atoms with Crippen molar-refractivity contribution in [3.8, 4) is 5.75 Å². The fourth-order valence-electron chi connectivity index (χ4n) is 8.60. The van der Waals surface area contributed by atoms with Crippen LogP contribution in [0.4, 0.5) is 0 Å².